The number of carbonyl (C=O) groups excluding carboxylic acids is 1. The molecule has 2 saturated heterocycles. The van der Waals surface area contributed by atoms with Crippen molar-refractivity contribution >= 4 is 11.6 Å². The summed E-state index contributed by atoms with van der Waals surface area (Å²) in [5.74, 6) is -4.36. The van der Waals surface area contributed by atoms with E-state index in [1.54, 1.807) is 0 Å². The van der Waals surface area contributed by atoms with Gasteiger partial charge < -0.3 is 10.6 Å². The molecule has 27 heavy (non-hydrogen) atoms. The van der Waals surface area contributed by atoms with Crippen molar-refractivity contribution in [3.63, 3.8) is 0 Å². The highest BCUT2D eigenvalue weighted by Gasteiger charge is 2.51. The number of hydrazine groups is 1. The molecule has 1 aliphatic carbocycles. The largest absolute Gasteiger partial charge is 0.368 e. The van der Waals surface area contributed by atoms with Gasteiger partial charge >= 0.3 is 0 Å². The van der Waals surface area contributed by atoms with Gasteiger partial charge in [0.25, 0.3) is 0 Å². The standard InChI is InChI=1S/C18H20F3N5O/c19-11-7-10(8-12(20)16(11)21)24-17-15-14(4-6-23-18(15)27)26(25-17)13(3-5-22)9-1-2-9/h7-9,13-15,17,24-25H,1-4,6H2,(H,23,27)/t13-,14?,15?,17?/m0/s1. The Kier molecular flexibility index (Phi) is 4.70. The molecule has 1 aromatic rings. The average molecular weight is 379 g/mol. The van der Waals surface area contributed by atoms with E-state index in [2.05, 4.69) is 22.1 Å². The quantitative estimate of drug-likeness (QED) is 0.681. The van der Waals surface area contributed by atoms with E-state index < -0.39 is 29.5 Å². The van der Waals surface area contributed by atoms with Crippen molar-refractivity contribution in [2.75, 3.05) is 11.9 Å². The molecule has 3 unspecified atom stereocenters. The lowest BCUT2D eigenvalue weighted by Crippen LogP contribution is -2.52. The maximum absolute atomic E-state index is 13.5. The van der Waals surface area contributed by atoms with Crippen molar-refractivity contribution < 1.29 is 18.0 Å². The predicted octanol–water partition coefficient (Wildman–Crippen LogP) is 1.86. The van der Waals surface area contributed by atoms with Gasteiger partial charge in [-0.3, -0.25) is 4.79 Å². The van der Waals surface area contributed by atoms with E-state index in [0.717, 1.165) is 25.0 Å². The molecule has 1 amide bonds. The maximum Gasteiger partial charge on any atom is 0.228 e. The van der Waals surface area contributed by atoms with E-state index in [4.69, 9.17) is 0 Å². The highest BCUT2D eigenvalue weighted by Crippen LogP contribution is 2.41. The third kappa shape index (κ3) is 3.35. The van der Waals surface area contributed by atoms with E-state index in [1.165, 1.54) is 0 Å². The van der Waals surface area contributed by atoms with Crippen molar-refractivity contribution in [3.8, 4) is 6.07 Å². The van der Waals surface area contributed by atoms with E-state index in [9.17, 15) is 23.2 Å². The van der Waals surface area contributed by atoms with Gasteiger partial charge in [-0.2, -0.15) is 5.26 Å². The fourth-order valence-corrected chi connectivity index (χ4v) is 4.19. The number of carbonyl (C=O) groups is 1. The second-order valence-electron chi connectivity index (χ2n) is 7.35. The van der Waals surface area contributed by atoms with Gasteiger partial charge in [-0.1, -0.05) is 0 Å². The van der Waals surface area contributed by atoms with E-state index in [0.29, 0.717) is 25.3 Å². The van der Waals surface area contributed by atoms with E-state index in [1.807, 2.05) is 5.01 Å². The Morgan fingerprint density at radius 2 is 1.96 bits per heavy atom. The van der Waals surface area contributed by atoms with Crippen molar-refractivity contribution in [1.82, 2.24) is 15.8 Å². The Morgan fingerprint density at radius 1 is 1.26 bits per heavy atom. The molecule has 144 valence electrons. The van der Waals surface area contributed by atoms with Crippen LogP contribution in [0.25, 0.3) is 0 Å². The minimum absolute atomic E-state index is 0.0121. The molecule has 3 fully saturated rings. The summed E-state index contributed by atoms with van der Waals surface area (Å²) < 4.78 is 40.3. The first kappa shape index (κ1) is 18.1. The molecule has 1 aromatic carbocycles. The molecule has 0 spiro atoms. The number of halogens is 3. The summed E-state index contributed by atoms with van der Waals surface area (Å²) in [6, 6.07) is 3.82. The Labute approximate surface area is 154 Å². The summed E-state index contributed by atoms with van der Waals surface area (Å²) >= 11 is 0. The zero-order valence-electron chi connectivity index (χ0n) is 14.5. The molecule has 0 aromatic heterocycles. The number of hydrogen-bond acceptors (Lipinski definition) is 5. The third-order valence-electron chi connectivity index (χ3n) is 5.59. The van der Waals surface area contributed by atoms with Crippen LogP contribution in [0.15, 0.2) is 12.1 Å². The maximum atomic E-state index is 13.5. The van der Waals surface area contributed by atoms with Gasteiger partial charge in [-0.25, -0.2) is 23.6 Å². The Morgan fingerprint density at radius 3 is 2.59 bits per heavy atom. The smallest absolute Gasteiger partial charge is 0.228 e. The molecule has 3 aliphatic rings. The second-order valence-corrected chi connectivity index (χ2v) is 7.35. The number of hydrogen-bond donors (Lipinski definition) is 3. The molecule has 1 saturated carbocycles. The molecular formula is C18H20F3N5O. The fraction of sp³-hybridized carbons (Fsp3) is 0.556. The van der Waals surface area contributed by atoms with Crippen LogP contribution < -0.4 is 16.1 Å². The summed E-state index contributed by atoms with van der Waals surface area (Å²) in [6.45, 7) is 0.536. The summed E-state index contributed by atoms with van der Waals surface area (Å²) in [5.41, 5.74) is 3.29. The Hall–Kier alpha value is -2.31. The summed E-state index contributed by atoms with van der Waals surface area (Å²) in [6.07, 6.45) is 2.53. The number of fused-ring (bicyclic) bond motifs is 1. The normalized spacial score (nSPS) is 29.0. The van der Waals surface area contributed by atoms with Crippen LogP contribution in [-0.4, -0.2) is 35.7 Å². The molecule has 2 aliphatic heterocycles. The first-order valence-electron chi connectivity index (χ1n) is 9.10. The molecule has 0 bridgehead atoms. The van der Waals surface area contributed by atoms with Crippen LogP contribution in [0.1, 0.15) is 25.7 Å². The lowest BCUT2D eigenvalue weighted by molar-refractivity contribution is -0.128. The van der Waals surface area contributed by atoms with Gasteiger partial charge in [0.15, 0.2) is 17.5 Å². The van der Waals surface area contributed by atoms with Crippen LogP contribution in [0, 0.1) is 40.6 Å². The Bertz CT molecular complexity index is 771. The third-order valence-corrected chi connectivity index (χ3v) is 5.59. The highest BCUT2D eigenvalue weighted by atomic mass is 19.2. The van der Waals surface area contributed by atoms with Crippen LogP contribution in [0.5, 0.6) is 0 Å². The predicted molar refractivity (Wildman–Crippen MR) is 90.3 cm³/mol. The first-order valence-corrected chi connectivity index (χ1v) is 9.10. The number of benzene rings is 1. The number of nitrogens with zero attached hydrogens (tertiary/aromatic N) is 2. The van der Waals surface area contributed by atoms with Crippen molar-refractivity contribution in [1.29, 1.82) is 5.26 Å². The van der Waals surface area contributed by atoms with Gasteiger partial charge in [-0.05, 0) is 25.2 Å². The van der Waals surface area contributed by atoms with Gasteiger partial charge in [0.2, 0.25) is 5.91 Å². The van der Waals surface area contributed by atoms with Crippen LogP contribution in [0.3, 0.4) is 0 Å². The minimum atomic E-state index is -1.53. The summed E-state index contributed by atoms with van der Waals surface area (Å²) in [5, 5.41) is 16.9. The van der Waals surface area contributed by atoms with E-state index >= 15 is 0 Å². The van der Waals surface area contributed by atoms with Gasteiger partial charge in [-0.15, -0.1) is 0 Å². The van der Waals surface area contributed by atoms with Crippen molar-refractivity contribution in [3.05, 3.63) is 29.6 Å². The van der Waals surface area contributed by atoms with Crippen molar-refractivity contribution in [2.24, 2.45) is 11.8 Å². The monoisotopic (exact) mass is 379 g/mol. The molecule has 4 atom stereocenters. The molecule has 6 nitrogen and oxygen atoms in total. The average Bonchev–Trinajstić information content (AvgIpc) is 3.40. The molecule has 0 radical (unpaired) electrons. The lowest BCUT2D eigenvalue weighted by Gasteiger charge is -2.34. The zero-order chi connectivity index (χ0) is 19.1. The second kappa shape index (κ2) is 7.02. The van der Waals surface area contributed by atoms with Gasteiger partial charge in [0.05, 0.1) is 18.4 Å². The number of rotatable bonds is 5. The number of nitrogens with one attached hydrogen (secondary N) is 3. The fourth-order valence-electron chi connectivity index (χ4n) is 4.19. The topological polar surface area (TPSA) is 80.2 Å². The van der Waals surface area contributed by atoms with Crippen LogP contribution in [-0.2, 0) is 4.79 Å². The number of nitriles is 1. The zero-order valence-corrected chi connectivity index (χ0v) is 14.5. The van der Waals surface area contributed by atoms with Gasteiger partial charge in [0.1, 0.15) is 6.17 Å². The molecule has 9 heteroatoms. The molecule has 3 N–H and O–H groups in total. The van der Waals surface area contributed by atoms with E-state index in [-0.39, 0.29) is 23.7 Å². The molecule has 4 rings (SSSR count). The number of amides is 1. The minimum Gasteiger partial charge on any atom is -0.368 e. The van der Waals surface area contributed by atoms with Crippen molar-refractivity contribution in [2.45, 2.75) is 43.9 Å². The van der Waals surface area contributed by atoms with Crippen LogP contribution in [0.4, 0.5) is 18.9 Å². The van der Waals surface area contributed by atoms with Gasteiger partial charge in [0, 0.05) is 36.4 Å². The highest BCUT2D eigenvalue weighted by molar-refractivity contribution is 5.82. The first-order chi connectivity index (χ1) is 13.0. The molecular weight excluding hydrogens is 359 g/mol. The summed E-state index contributed by atoms with van der Waals surface area (Å²) in [4.78, 5) is 12.5. The Balaban J connectivity index is 1.60. The SMILES string of the molecule is N#CC[C@@H](C1CC1)N1NC(Nc2cc(F)c(F)c(F)c2)C2C(=O)NCCC21. The lowest BCUT2D eigenvalue weighted by atomic mass is 9.90. The number of anilines is 1. The molecule has 2 heterocycles. The van der Waals surface area contributed by atoms with Crippen LogP contribution in [0.2, 0.25) is 0 Å². The van der Waals surface area contributed by atoms with Crippen LogP contribution >= 0.6 is 0 Å². The number of piperidine rings is 1. The summed E-state index contributed by atoms with van der Waals surface area (Å²) in [7, 11) is 0.